The molecule has 0 N–H and O–H groups in total. The molecular formula is C26H24N+. The van der Waals surface area contributed by atoms with E-state index in [-0.39, 0.29) is 5.41 Å². The smallest absolute Gasteiger partial charge is 0.200 e. The van der Waals surface area contributed by atoms with Gasteiger partial charge in [-0.15, -0.1) is 0 Å². The number of fused-ring (bicyclic) bond motifs is 4. The topological polar surface area (TPSA) is 3.88 Å². The van der Waals surface area contributed by atoms with Crippen molar-refractivity contribution in [2.75, 3.05) is 0 Å². The predicted molar refractivity (Wildman–Crippen MR) is 113 cm³/mol. The number of benzene rings is 3. The highest BCUT2D eigenvalue weighted by Crippen LogP contribution is 2.50. The minimum absolute atomic E-state index is 0.00806. The Kier molecular flexibility index (Phi) is 3.11. The monoisotopic (exact) mass is 351 g/mol. The second-order valence-corrected chi connectivity index (χ2v) is 8.17. The SMILES string of the molecule is [2H]c1ccc2c(-c3cc4c(cc3C)-c3ccccc3C4(C)C)[n+](C)ccc2c1. The van der Waals surface area contributed by atoms with E-state index in [9.17, 15) is 0 Å². The van der Waals surface area contributed by atoms with Crippen LogP contribution in [0.4, 0.5) is 0 Å². The molecule has 0 unspecified atom stereocenters. The van der Waals surface area contributed by atoms with Crippen molar-refractivity contribution in [1.82, 2.24) is 0 Å². The van der Waals surface area contributed by atoms with Gasteiger partial charge < -0.3 is 0 Å². The summed E-state index contributed by atoms with van der Waals surface area (Å²) in [6.45, 7) is 6.86. The lowest BCUT2D eigenvalue weighted by atomic mass is 9.81. The van der Waals surface area contributed by atoms with E-state index in [1.165, 1.54) is 44.5 Å². The highest BCUT2D eigenvalue weighted by Gasteiger charge is 2.36. The summed E-state index contributed by atoms with van der Waals surface area (Å²) in [6.07, 6.45) is 2.10. The zero-order chi connectivity index (χ0) is 19.6. The van der Waals surface area contributed by atoms with Gasteiger partial charge >= 0.3 is 0 Å². The summed E-state index contributed by atoms with van der Waals surface area (Å²) in [7, 11) is 2.11. The third kappa shape index (κ3) is 2.21. The molecule has 0 amide bonds. The third-order valence-electron chi connectivity index (χ3n) is 6.17. The first-order chi connectivity index (χ1) is 13.4. The molecule has 1 aliphatic carbocycles. The quantitative estimate of drug-likeness (QED) is 0.373. The van der Waals surface area contributed by atoms with E-state index in [0.717, 1.165) is 5.39 Å². The fourth-order valence-electron chi connectivity index (χ4n) is 4.70. The lowest BCUT2D eigenvalue weighted by molar-refractivity contribution is -0.659. The molecule has 1 nitrogen and oxygen atoms in total. The summed E-state index contributed by atoms with van der Waals surface area (Å²) in [4.78, 5) is 0. The minimum Gasteiger partial charge on any atom is -0.200 e. The molecule has 0 atom stereocenters. The average molecular weight is 351 g/mol. The van der Waals surface area contributed by atoms with E-state index in [4.69, 9.17) is 1.37 Å². The van der Waals surface area contributed by atoms with Gasteiger partial charge in [0, 0.05) is 11.5 Å². The Morgan fingerprint density at radius 1 is 0.852 bits per heavy atom. The summed E-state index contributed by atoms with van der Waals surface area (Å²) in [5.41, 5.74) is 9.27. The molecule has 0 fully saturated rings. The maximum Gasteiger partial charge on any atom is 0.220 e. The summed E-state index contributed by atoms with van der Waals surface area (Å²) in [5.74, 6) is 0. The number of nitrogens with zero attached hydrogens (tertiary/aromatic N) is 1. The lowest BCUT2D eigenvalue weighted by Crippen LogP contribution is -2.31. The molecule has 132 valence electrons. The van der Waals surface area contributed by atoms with Gasteiger partial charge in [-0.3, -0.25) is 0 Å². The van der Waals surface area contributed by atoms with Gasteiger partial charge in [0.2, 0.25) is 5.69 Å². The third-order valence-corrected chi connectivity index (χ3v) is 6.17. The van der Waals surface area contributed by atoms with Gasteiger partial charge in [-0.1, -0.05) is 62.4 Å². The number of hydrogen-bond donors (Lipinski definition) is 0. The van der Waals surface area contributed by atoms with Gasteiger partial charge in [-0.25, -0.2) is 4.57 Å². The highest BCUT2D eigenvalue weighted by atomic mass is 14.9. The van der Waals surface area contributed by atoms with Crippen LogP contribution in [0.1, 0.15) is 31.9 Å². The van der Waals surface area contributed by atoms with E-state index in [2.05, 4.69) is 87.1 Å². The fraction of sp³-hybridized carbons (Fsp3) is 0.192. The number of rotatable bonds is 1. The molecule has 0 aliphatic heterocycles. The molecule has 0 spiro atoms. The summed E-state index contributed by atoms with van der Waals surface area (Å²) in [5, 5.41) is 2.31. The second-order valence-electron chi connectivity index (χ2n) is 8.17. The molecule has 0 saturated carbocycles. The van der Waals surface area contributed by atoms with E-state index in [1.807, 2.05) is 12.1 Å². The molecule has 1 aliphatic rings. The van der Waals surface area contributed by atoms with Crippen molar-refractivity contribution in [3.8, 4) is 22.4 Å². The zero-order valence-electron chi connectivity index (χ0n) is 17.3. The molecule has 5 rings (SSSR count). The molecule has 27 heavy (non-hydrogen) atoms. The predicted octanol–water partition coefficient (Wildman–Crippen LogP) is 5.95. The number of aryl methyl sites for hydroxylation is 2. The zero-order valence-corrected chi connectivity index (χ0v) is 16.3. The molecule has 0 radical (unpaired) electrons. The minimum atomic E-state index is -0.00806. The number of hydrogen-bond acceptors (Lipinski definition) is 0. The fourth-order valence-corrected chi connectivity index (χ4v) is 4.70. The van der Waals surface area contributed by atoms with Crippen molar-refractivity contribution in [2.24, 2.45) is 7.05 Å². The largest absolute Gasteiger partial charge is 0.220 e. The Hall–Kier alpha value is -2.93. The maximum absolute atomic E-state index is 7.97. The van der Waals surface area contributed by atoms with Crippen LogP contribution in [0, 0.1) is 6.92 Å². The van der Waals surface area contributed by atoms with Crippen molar-refractivity contribution < 1.29 is 5.94 Å². The van der Waals surface area contributed by atoms with Gasteiger partial charge in [-0.2, -0.15) is 0 Å². The maximum atomic E-state index is 7.97. The van der Waals surface area contributed by atoms with Gasteiger partial charge in [0.05, 0.1) is 12.3 Å². The Labute approximate surface area is 162 Å². The average Bonchev–Trinajstić information content (AvgIpc) is 2.89. The molecule has 0 saturated heterocycles. The molecule has 0 bridgehead atoms. The summed E-state index contributed by atoms with van der Waals surface area (Å²) in [6, 6.07) is 22.1. The lowest BCUT2D eigenvalue weighted by Gasteiger charge is -2.22. The van der Waals surface area contributed by atoms with Gasteiger partial charge in [0.15, 0.2) is 6.20 Å². The molecule has 1 heterocycles. The molecule has 4 aromatic rings. The van der Waals surface area contributed by atoms with E-state index >= 15 is 0 Å². The number of pyridine rings is 1. The van der Waals surface area contributed by atoms with Crippen LogP contribution >= 0.6 is 0 Å². The first-order valence-electron chi connectivity index (χ1n) is 10.0. The van der Waals surface area contributed by atoms with Crippen LogP contribution < -0.4 is 4.57 Å². The summed E-state index contributed by atoms with van der Waals surface area (Å²) >= 11 is 0. The van der Waals surface area contributed by atoms with E-state index in [0.29, 0.717) is 6.04 Å². The molecule has 3 aromatic carbocycles. The Balaban J connectivity index is 1.83. The Morgan fingerprint density at radius 2 is 1.67 bits per heavy atom. The van der Waals surface area contributed by atoms with Gasteiger partial charge in [-0.05, 0) is 52.3 Å². The van der Waals surface area contributed by atoms with Crippen LogP contribution in [0.2, 0.25) is 0 Å². The van der Waals surface area contributed by atoms with Crippen molar-refractivity contribution in [3.63, 3.8) is 0 Å². The van der Waals surface area contributed by atoms with Crippen molar-refractivity contribution in [1.29, 1.82) is 0 Å². The summed E-state index contributed by atoms with van der Waals surface area (Å²) < 4.78 is 10.2. The Morgan fingerprint density at radius 3 is 2.52 bits per heavy atom. The first kappa shape index (κ1) is 15.2. The Bertz CT molecular complexity index is 1270. The van der Waals surface area contributed by atoms with Crippen LogP contribution in [0.15, 0.2) is 72.9 Å². The molecule has 1 aromatic heterocycles. The van der Waals surface area contributed by atoms with Crippen molar-refractivity contribution >= 4 is 10.8 Å². The van der Waals surface area contributed by atoms with Gasteiger partial charge in [0.25, 0.3) is 0 Å². The first-order valence-corrected chi connectivity index (χ1v) is 9.52. The van der Waals surface area contributed by atoms with Crippen LogP contribution in [0.5, 0.6) is 0 Å². The normalized spacial score (nSPS) is 14.7. The standard InChI is InChI=1S/C26H24N/c1-17-15-22-20-11-7-8-12-23(20)26(2,3)24(22)16-21(17)25-19-10-6-5-9-18(19)13-14-27(25)4/h5-16H,1-4H3/q+1/i5D. The second kappa shape index (κ2) is 5.53. The van der Waals surface area contributed by atoms with Crippen LogP contribution in [0.25, 0.3) is 33.2 Å². The van der Waals surface area contributed by atoms with Crippen molar-refractivity contribution in [3.05, 3.63) is 89.6 Å². The number of aromatic nitrogens is 1. The van der Waals surface area contributed by atoms with Crippen molar-refractivity contribution in [2.45, 2.75) is 26.2 Å². The molecular weight excluding hydrogens is 326 g/mol. The van der Waals surface area contributed by atoms with Crippen LogP contribution in [-0.4, -0.2) is 0 Å². The van der Waals surface area contributed by atoms with Crippen LogP contribution in [0.3, 0.4) is 0 Å². The van der Waals surface area contributed by atoms with Gasteiger partial charge in [0.1, 0.15) is 7.05 Å². The van der Waals surface area contributed by atoms with Crippen LogP contribution in [-0.2, 0) is 12.5 Å². The van der Waals surface area contributed by atoms with E-state index < -0.39 is 0 Å². The van der Waals surface area contributed by atoms with E-state index in [1.54, 1.807) is 0 Å². The molecule has 1 heteroatoms. The highest BCUT2D eigenvalue weighted by molar-refractivity contribution is 5.95.